The van der Waals surface area contributed by atoms with Crippen LogP contribution in [0.4, 0.5) is 0 Å². The maximum atomic E-state index is 12.9. The van der Waals surface area contributed by atoms with Gasteiger partial charge < -0.3 is 20.7 Å². The highest BCUT2D eigenvalue weighted by Gasteiger charge is 2.35. The van der Waals surface area contributed by atoms with Gasteiger partial charge in [0, 0.05) is 18.1 Å². The average Bonchev–Trinajstić information content (AvgIpc) is 3.07. The van der Waals surface area contributed by atoms with Crippen molar-refractivity contribution in [3.05, 3.63) is 28.8 Å². The highest BCUT2D eigenvalue weighted by molar-refractivity contribution is 6.31. The first-order chi connectivity index (χ1) is 11.6. The number of nitrogens with two attached hydrogens (primary N) is 1. The summed E-state index contributed by atoms with van der Waals surface area (Å²) < 4.78 is 5.25. The number of carbonyl (C=O) groups excluding carboxylic acids is 2. The molecule has 0 aliphatic carbocycles. The van der Waals surface area contributed by atoms with Crippen molar-refractivity contribution in [1.29, 1.82) is 0 Å². The van der Waals surface area contributed by atoms with Crippen LogP contribution < -0.4 is 15.8 Å². The third kappa shape index (κ3) is 4.39. The summed E-state index contributed by atoms with van der Waals surface area (Å²) in [6.07, 6.45) is 3.17. The zero-order chi connectivity index (χ0) is 17.5. The summed E-state index contributed by atoms with van der Waals surface area (Å²) in [5, 5.41) is 3.35. The third-order valence-electron chi connectivity index (χ3n) is 4.14. The van der Waals surface area contributed by atoms with Gasteiger partial charge in [0.15, 0.2) is 0 Å². The van der Waals surface area contributed by atoms with E-state index in [1.165, 1.54) is 7.11 Å². The number of rotatable bonds is 7. The normalized spacial score (nSPS) is 17.0. The molecule has 0 bridgehead atoms. The summed E-state index contributed by atoms with van der Waals surface area (Å²) in [7, 11) is 1.51. The molecular weight excluding hydrogens is 330 g/mol. The molecule has 132 valence electrons. The highest BCUT2D eigenvalue weighted by Crippen LogP contribution is 2.27. The van der Waals surface area contributed by atoms with Gasteiger partial charge in [0.2, 0.25) is 5.91 Å². The van der Waals surface area contributed by atoms with E-state index in [9.17, 15) is 9.59 Å². The molecule has 6 nitrogen and oxygen atoms in total. The molecule has 1 saturated heterocycles. The largest absolute Gasteiger partial charge is 0.496 e. The van der Waals surface area contributed by atoms with Crippen LogP contribution in [0.15, 0.2) is 18.2 Å². The molecule has 1 unspecified atom stereocenters. The second-order valence-electron chi connectivity index (χ2n) is 5.79. The monoisotopic (exact) mass is 353 g/mol. The molecule has 1 aliphatic rings. The SMILES string of the molecule is COc1ccc(Cl)cc1C(=O)N1CCCC1C(=O)NCCCCN. The number of nitrogens with zero attached hydrogens (tertiary/aromatic N) is 1. The van der Waals surface area contributed by atoms with Crippen molar-refractivity contribution in [2.24, 2.45) is 5.73 Å². The zero-order valence-electron chi connectivity index (χ0n) is 13.9. The lowest BCUT2D eigenvalue weighted by molar-refractivity contribution is -0.124. The number of carbonyl (C=O) groups is 2. The molecule has 0 saturated carbocycles. The molecule has 1 aromatic carbocycles. The second kappa shape index (κ2) is 8.89. The number of ether oxygens (including phenoxy) is 1. The van der Waals surface area contributed by atoms with Crippen molar-refractivity contribution in [2.75, 3.05) is 26.7 Å². The number of hydrogen-bond acceptors (Lipinski definition) is 4. The topological polar surface area (TPSA) is 84.7 Å². The number of methoxy groups -OCH3 is 1. The lowest BCUT2D eigenvalue weighted by atomic mass is 10.1. The predicted molar refractivity (Wildman–Crippen MR) is 93.4 cm³/mol. The van der Waals surface area contributed by atoms with E-state index in [1.807, 2.05) is 0 Å². The van der Waals surface area contributed by atoms with E-state index in [4.69, 9.17) is 22.1 Å². The summed E-state index contributed by atoms with van der Waals surface area (Å²) in [5.74, 6) is 0.117. The van der Waals surface area contributed by atoms with E-state index in [-0.39, 0.29) is 11.8 Å². The summed E-state index contributed by atoms with van der Waals surface area (Å²) >= 11 is 6.01. The molecule has 1 heterocycles. The van der Waals surface area contributed by atoms with E-state index in [1.54, 1.807) is 23.1 Å². The van der Waals surface area contributed by atoms with Crippen LogP contribution in [0.5, 0.6) is 5.75 Å². The number of nitrogens with one attached hydrogen (secondary N) is 1. The molecule has 24 heavy (non-hydrogen) atoms. The summed E-state index contributed by atoms with van der Waals surface area (Å²) in [4.78, 5) is 26.8. The van der Waals surface area contributed by atoms with E-state index in [2.05, 4.69) is 5.32 Å². The highest BCUT2D eigenvalue weighted by atomic mass is 35.5. The predicted octanol–water partition coefficient (Wildman–Crippen LogP) is 1.81. The Bertz CT molecular complexity index is 594. The van der Waals surface area contributed by atoms with Crippen molar-refractivity contribution in [2.45, 2.75) is 31.7 Å². The number of benzene rings is 1. The molecule has 0 aromatic heterocycles. The fraction of sp³-hybridized carbons (Fsp3) is 0.529. The van der Waals surface area contributed by atoms with Crippen LogP contribution >= 0.6 is 11.6 Å². The minimum Gasteiger partial charge on any atom is -0.496 e. The van der Waals surface area contributed by atoms with Crippen LogP contribution in [0.2, 0.25) is 5.02 Å². The standard InChI is InChI=1S/C17H24ClN3O3/c1-24-15-7-6-12(18)11-13(15)17(23)21-10-4-5-14(21)16(22)20-9-3-2-8-19/h6-7,11,14H,2-5,8-10,19H2,1H3,(H,20,22). The molecule has 1 aliphatic heterocycles. The van der Waals surface area contributed by atoms with Gasteiger partial charge in [-0.05, 0) is 50.4 Å². The quantitative estimate of drug-likeness (QED) is 0.732. The third-order valence-corrected chi connectivity index (χ3v) is 4.37. The first kappa shape index (κ1) is 18.5. The van der Waals surface area contributed by atoms with Gasteiger partial charge in [-0.15, -0.1) is 0 Å². The summed E-state index contributed by atoms with van der Waals surface area (Å²) in [6, 6.07) is 4.46. The van der Waals surface area contributed by atoms with Crippen molar-refractivity contribution in [3.8, 4) is 5.75 Å². The Balaban J connectivity index is 2.08. The Morgan fingerprint density at radius 1 is 1.42 bits per heavy atom. The first-order valence-corrected chi connectivity index (χ1v) is 8.58. The Kier molecular flexibility index (Phi) is 6.87. The first-order valence-electron chi connectivity index (χ1n) is 8.20. The molecule has 3 N–H and O–H groups in total. The fourth-order valence-electron chi connectivity index (χ4n) is 2.88. The maximum Gasteiger partial charge on any atom is 0.258 e. The van der Waals surface area contributed by atoms with E-state index >= 15 is 0 Å². The molecule has 1 aromatic rings. The lowest BCUT2D eigenvalue weighted by Gasteiger charge is -2.25. The number of likely N-dealkylation sites (tertiary alicyclic amines) is 1. The molecule has 1 atom stereocenters. The lowest BCUT2D eigenvalue weighted by Crippen LogP contribution is -2.46. The number of unbranched alkanes of at least 4 members (excludes halogenated alkanes) is 1. The van der Waals surface area contributed by atoms with E-state index in [0.717, 1.165) is 19.3 Å². The van der Waals surface area contributed by atoms with Crippen molar-refractivity contribution >= 4 is 23.4 Å². The van der Waals surface area contributed by atoms with Crippen LogP contribution in [-0.4, -0.2) is 49.5 Å². The second-order valence-corrected chi connectivity index (χ2v) is 6.22. The van der Waals surface area contributed by atoms with Crippen LogP contribution in [0, 0.1) is 0 Å². The zero-order valence-corrected chi connectivity index (χ0v) is 14.6. The van der Waals surface area contributed by atoms with Crippen molar-refractivity contribution in [1.82, 2.24) is 10.2 Å². The van der Waals surface area contributed by atoms with Crippen LogP contribution in [-0.2, 0) is 4.79 Å². The van der Waals surface area contributed by atoms with Crippen molar-refractivity contribution in [3.63, 3.8) is 0 Å². The van der Waals surface area contributed by atoms with Gasteiger partial charge in [-0.2, -0.15) is 0 Å². The number of halogens is 1. The van der Waals surface area contributed by atoms with Gasteiger partial charge in [-0.25, -0.2) is 0 Å². The molecule has 2 rings (SSSR count). The number of hydrogen-bond donors (Lipinski definition) is 2. The fourth-order valence-corrected chi connectivity index (χ4v) is 3.06. The molecule has 0 spiro atoms. The van der Waals surface area contributed by atoms with E-state index in [0.29, 0.717) is 42.4 Å². The van der Waals surface area contributed by atoms with Gasteiger partial charge in [0.1, 0.15) is 11.8 Å². The minimum atomic E-state index is -0.445. The minimum absolute atomic E-state index is 0.112. The Labute approximate surface area is 147 Å². The van der Waals surface area contributed by atoms with Crippen molar-refractivity contribution < 1.29 is 14.3 Å². The smallest absolute Gasteiger partial charge is 0.258 e. The Hall–Kier alpha value is -1.79. The van der Waals surface area contributed by atoms with E-state index < -0.39 is 6.04 Å². The van der Waals surface area contributed by atoms with Crippen LogP contribution in [0.1, 0.15) is 36.0 Å². The molecule has 1 fully saturated rings. The average molecular weight is 354 g/mol. The Morgan fingerprint density at radius 2 is 2.21 bits per heavy atom. The summed E-state index contributed by atoms with van der Waals surface area (Å²) in [5.41, 5.74) is 5.83. The van der Waals surface area contributed by atoms with Crippen LogP contribution in [0.25, 0.3) is 0 Å². The van der Waals surface area contributed by atoms with Gasteiger partial charge in [-0.1, -0.05) is 11.6 Å². The number of amides is 2. The molecule has 2 amide bonds. The van der Waals surface area contributed by atoms with Crippen LogP contribution in [0.3, 0.4) is 0 Å². The summed E-state index contributed by atoms with van der Waals surface area (Å²) in [6.45, 7) is 1.74. The maximum absolute atomic E-state index is 12.9. The Morgan fingerprint density at radius 3 is 2.92 bits per heavy atom. The molecule has 0 radical (unpaired) electrons. The van der Waals surface area contributed by atoms with Gasteiger partial charge >= 0.3 is 0 Å². The van der Waals surface area contributed by atoms with Gasteiger partial charge in [-0.3, -0.25) is 9.59 Å². The van der Waals surface area contributed by atoms with Gasteiger partial charge in [0.05, 0.1) is 12.7 Å². The van der Waals surface area contributed by atoms with Gasteiger partial charge in [0.25, 0.3) is 5.91 Å². The molecular formula is C17H24ClN3O3. The molecule has 7 heteroatoms.